The largest absolute Gasteiger partial charge is 0.394 e. The summed E-state index contributed by atoms with van der Waals surface area (Å²) in [5.41, 5.74) is 0. The number of carbonyl (C=O) groups excluding carboxylic acids is 1. The molecule has 3 rings (SSSR count). The molecule has 0 aromatic heterocycles. The van der Waals surface area contributed by atoms with E-state index < -0.39 is 124 Å². The van der Waals surface area contributed by atoms with Crippen LogP contribution < -0.4 is 5.32 Å². The normalized spacial score (nSPS) is 34.0. The summed E-state index contributed by atoms with van der Waals surface area (Å²) < 4.78 is 33.9. The first kappa shape index (κ1) is 58.6. The lowest BCUT2D eigenvalue weighted by molar-refractivity contribution is -0.379. The van der Waals surface area contributed by atoms with E-state index in [0.717, 1.165) is 70.6 Å². The lowest BCUT2D eigenvalue weighted by Crippen LogP contribution is -2.66. The van der Waals surface area contributed by atoms with Crippen LogP contribution in [-0.4, -0.2) is 193 Å². The maximum Gasteiger partial charge on any atom is 0.220 e. The average Bonchev–Trinajstić information content (AvgIpc) is 3.31. The first-order valence-electron chi connectivity index (χ1n) is 24.6. The Labute approximate surface area is 390 Å². The summed E-state index contributed by atoms with van der Waals surface area (Å²) in [7, 11) is 0. The molecule has 19 nitrogen and oxygen atoms in total. The number of aliphatic hydroxyl groups is 11. The van der Waals surface area contributed by atoms with E-state index in [1.807, 2.05) is 6.08 Å². The molecule has 3 heterocycles. The van der Waals surface area contributed by atoms with Crippen LogP contribution in [0.1, 0.15) is 136 Å². The average molecular weight is 952 g/mol. The van der Waals surface area contributed by atoms with Crippen LogP contribution in [0.2, 0.25) is 0 Å². The molecule has 17 atom stereocenters. The van der Waals surface area contributed by atoms with Crippen LogP contribution in [0, 0.1) is 0 Å². The minimum absolute atomic E-state index is 0.233. The van der Waals surface area contributed by atoms with E-state index >= 15 is 0 Å². The molecule has 0 radical (unpaired) electrons. The van der Waals surface area contributed by atoms with E-state index in [-0.39, 0.29) is 18.9 Å². The van der Waals surface area contributed by atoms with Gasteiger partial charge in [0.05, 0.1) is 38.6 Å². The SMILES string of the molecule is CCCCCC/C=C/C(O)C(COC1OC(CO)C(OC2OC(CO)C(OC3OC(CO)C(O)C(O)C3O)C(O)C2O)C(O)C1O)NC(=O)CCCCCCC/C=C\CCCCCCCC. The Morgan fingerprint density at radius 2 is 0.955 bits per heavy atom. The fourth-order valence-corrected chi connectivity index (χ4v) is 8.30. The minimum atomic E-state index is -1.97. The highest BCUT2D eigenvalue weighted by Crippen LogP contribution is 2.33. The van der Waals surface area contributed by atoms with Crippen molar-refractivity contribution in [3.8, 4) is 0 Å². The number of hydrogen-bond acceptors (Lipinski definition) is 18. The highest BCUT2D eigenvalue weighted by atomic mass is 16.8. The van der Waals surface area contributed by atoms with Gasteiger partial charge in [-0.15, -0.1) is 0 Å². The molecule has 17 unspecified atom stereocenters. The molecule has 66 heavy (non-hydrogen) atoms. The van der Waals surface area contributed by atoms with Crippen molar-refractivity contribution in [3.63, 3.8) is 0 Å². The van der Waals surface area contributed by atoms with Crippen LogP contribution in [0.25, 0.3) is 0 Å². The Kier molecular flexibility index (Phi) is 29.3. The molecule has 1 amide bonds. The number of aliphatic hydroxyl groups excluding tert-OH is 11. The molecule has 3 saturated heterocycles. The number of carbonyl (C=O) groups is 1. The van der Waals surface area contributed by atoms with Crippen LogP contribution in [-0.2, 0) is 33.2 Å². The summed E-state index contributed by atoms with van der Waals surface area (Å²) in [4.78, 5) is 13.1. The summed E-state index contributed by atoms with van der Waals surface area (Å²) in [6, 6.07) is -0.970. The first-order chi connectivity index (χ1) is 31.8. The van der Waals surface area contributed by atoms with Gasteiger partial charge in [-0.2, -0.15) is 0 Å². The van der Waals surface area contributed by atoms with Crippen molar-refractivity contribution in [2.75, 3.05) is 26.4 Å². The number of ether oxygens (including phenoxy) is 6. The molecule has 386 valence electrons. The van der Waals surface area contributed by atoms with Crippen LogP contribution in [0.15, 0.2) is 24.3 Å². The molecule has 0 bridgehead atoms. The van der Waals surface area contributed by atoms with Crippen molar-refractivity contribution in [1.82, 2.24) is 5.32 Å². The van der Waals surface area contributed by atoms with Gasteiger partial charge in [0.1, 0.15) is 73.2 Å². The van der Waals surface area contributed by atoms with Crippen molar-refractivity contribution in [1.29, 1.82) is 0 Å². The maximum atomic E-state index is 13.1. The lowest BCUT2D eigenvalue weighted by atomic mass is 9.96. The lowest BCUT2D eigenvalue weighted by Gasteiger charge is -2.48. The van der Waals surface area contributed by atoms with Gasteiger partial charge >= 0.3 is 0 Å². The molecule has 3 fully saturated rings. The van der Waals surface area contributed by atoms with Gasteiger partial charge in [-0.05, 0) is 44.9 Å². The van der Waals surface area contributed by atoms with Crippen molar-refractivity contribution in [2.24, 2.45) is 0 Å². The molecular formula is C47H85NO18. The highest BCUT2D eigenvalue weighted by molar-refractivity contribution is 5.76. The van der Waals surface area contributed by atoms with Gasteiger partial charge in [-0.25, -0.2) is 0 Å². The Hall–Kier alpha value is -1.73. The predicted octanol–water partition coefficient (Wildman–Crippen LogP) is 0.861. The maximum absolute atomic E-state index is 13.1. The van der Waals surface area contributed by atoms with Gasteiger partial charge in [0.25, 0.3) is 0 Å². The fourth-order valence-electron chi connectivity index (χ4n) is 8.30. The number of rotatable bonds is 33. The van der Waals surface area contributed by atoms with E-state index in [1.54, 1.807) is 6.08 Å². The van der Waals surface area contributed by atoms with E-state index in [1.165, 1.54) is 38.5 Å². The summed E-state index contributed by atoms with van der Waals surface area (Å²) in [6.45, 7) is 1.57. The molecule has 3 aliphatic rings. The number of amides is 1. The molecular weight excluding hydrogens is 867 g/mol. The van der Waals surface area contributed by atoms with Crippen LogP contribution >= 0.6 is 0 Å². The quantitative estimate of drug-likeness (QED) is 0.0321. The van der Waals surface area contributed by atoms with Gasteiger partial charge in [-0.3, -0.25) is 4.79 Å². The smallest absolute Gasteiger partial charge is 0.220 e. The fraction of sp³-hybridized carbons (Fsp3) is 0.894. The van der Waals surface area contributed by atoms with Gasteiger partial charge in [0, 0.05) is 6.42 Å². The third kappa shape index (κ3) is 19.2. The second-order valence-electron chi connectivity index (χ2n) is 17.9. The first-order valence-corrected chi connectivity index (χ1v) is 24.6. The van der Waals surface area contributed by atoms with Crippen molar-refractivity contribution in [3.05, 3.63) is 24.3 Å². The van der Waals surface area contributed by atoms with Gasteiger partial charge in [0.2, 0.25) is 5.91 Å². The zero-order valence-corrected chi connectivity index (χ0v) is 39.2. The molecule has 12 N–H and O–H groups in total. The standard InChI is InChI=1S/C47H85NO18/c1-3-5-7-9-11-12-13-14-15-16-17-18-19-21-23-25-35(53)48-30(31(52)24-22-20-10-8-6-4-2)29-61-45-41(59)38(56)43(33(27-50)63-45)66-47-42(60)39(57)44(34(28-51)64-47)65-46-40(58)37(55)36(54)32(26-49)62-46/h14-15,22,24,30-34,36-47,49-52,54-60H,3-13,16-21,23,25-29H2,1-2H3,(H,48,53)/b15-14-,24-22+. The Morgan fingerprint density at radius 1 is 0.530 bits per heavy atom. The molecule has 0 aromatic rings. The second-order valence-corrected chi connectivity index (χ2v) is 17.9. The highest BCUT2D eigenvalue weighted by Gasteiger charge is 2.53. The monoisotopic (exact) mass is 952 g/mol. The number of unbranched alkanes of at least 4 members (excludes halogenated alkanes) is 15. The molecule has 0 aromatic carbocycles. The van der Waals surface area contributed by atoms with Crippen LogP contribution in [0.3, 0.4) is 0 Å². The van der Waals surface area contributed by atoms with Crippen molar-refractivity contribution in [2.45, 2.75) is 240 Å². The third-order valence-corrected chi connectivity index (χ3v) is 12.5. The zero-order chi connectivity index (χ0) is 48.4. The minimum Gasteiger partial charge on any atom is -0.394 e. The van der Waals surface area contributed by atoms with E-state index in [4.69, 9.17) is 28.4 Å². The summed E-state index contributed by atoms with van der Waals surface area (Å²) in [5.74, 6) is -0.293. The molecule has 19 heteroatoms. The van der Waals surface area contributed by atoms with Crippen molar-refractivity contribution >= 4 is 5.91 Å². The third-order valence-electron chi connectivity index (χ3n) is 12.5. The Morgan fingerprint density at radius 3 is 1.48 bits per heavy atom. The topological polar surface area (TPSA) is 307 Å². The number of nitrogens with one attached hydrogen (secondary N) is 1. The van der Waals surface area contributed by atoms with Crippen LogP contribution in [0.4, 0.5) is 0 Å². The second kappa shape index (κ2) is 33.0. The molecule has 0 spiro atoms. The van der Waals surface area contributed by atoms with Crippen LogP contribution in [0.5, 0.6) is 0 Å². The molecule has 0 saturated carbocycles. The van der Waals surface area contributed by atoms with Crippen molar-refractivity contribution < 1.29 is 89.4 Å². The van der Waals surface area contributed by atoms with Gasteiger partial charge in [0.15, 0.2) is 18.9 Å². The molecule has 0 aliphatic carbocycles. The summed E-state index contributed by atoms with van der Waals surface area (Å²) in [6.07, 6.45) is 0.944. The summed E-state index contributed by atoms with van der Waals surface area (Å²) >= 11 is 0. The van der Waals surface area contributed by atoms with Gasteiger partial charge in [-0.1, -0.05) is 109 Å². The van der Waals surface area contributed by atoms with Gasteiger partial charge < -0.3 is 89.9 Å². The number of allylic oxidation sites excluding steroid dienone is 3. The summed E-state index contributed by atoms with van der Waals surface area (Å²) in [5, 5.41) is 119. The zero-order valence-electron chi connectivity index (χ0n) is 39.2. The molecule has 3 aliphatic heterocycles. The van der Waals surface area contributed by atoms with E-state index in [0.29, 0.717) is 6.42 Å². The number of hydrogen-bond donors (Lipinski definition) is 12. The van der Waals surface area contributed by atoms with E-state index in [2.05, 4.69) is 31.3 Å². The Bertz CT molecular complexity index is 1330. The predicted molar refractivity (Wildman–Crippen MR) is 240 cm³/mol. The van der Waals surface area contributed by atoms with E-state index in [9.17, 15) is 61.0 Å². The Balaban J connectivity index is 1.54.